The Morgan fingerprint density at radius 2 is 2.00 bits per heavy atom. The van der Waals surface area contributed by atoms with Crippen LogP contribution in [0, 0.1) is 12.8 Å². The molecule has 0 unspecified atom stereocenters. The molecule has 0 fully saturated rings. The first-order valence-corrected chi connectivity index (χ1v) is 8.38. The Balaban J connectivity index is 2.58. The van der Waals surface area contributed by atoms with Crippen LogP contribution in [-0.2, 0) is 14.6 Å². The Hall–Kier alpha value is -1.56. The van der Waals surface area contributed by atoms with E-state index in [0.29, 0.717) is 11.4 Å². The van der Waals surface area contributed by atoms with Gasteiger partial charge in [0.1, 0.15) is 0 Å². The number of rotatable bonds is 6. The molecule has 0 aliphatic carbocycles. The molecule has 0 saturated carbocycles. The number of nitrogens with two attached hydrogens (primary N) is 1. The molecular weight excluding hydrogens is 276 g/mol. The highest BCUT2D eigenvalue weighted by Gasteiger charge is 2.15. The van der Waals surface area contributed by atoms with Crippen molar-refractivity contribution in [3.05, 3.63) is 23.8 Å². The monoisotopic (exact) mass is 298 g/mol. The van der Waals surface area contributed by atoms with Crippen LogP contribution in [0.2, 0.25) is 0 Å². The highest BCUT2D eigenvalue weighted by molar-refractivity contribution is 7.91. The minimum Gasteiger partial charge on any atom is -0.399 e. The predicted octanol–water partition coefficient (Wildman–Crippen LogP) is 1.98. The van der Waals surface area contributed by atoms with Gasteiger partial charge in [0.2, 0.25) is 5.91 Å². The molecule has 0 aliphatic rings. The summed E-state index contributed by atoms with van der Waals surface area (Å²) in [5.74, 6) is -0.263. The van der Waals surface area contributed by atoms with Crippen LogP contribution in [-0.4, -0.2) is 25.8 Å². The van der Waals surface area contributed by atoms with Gasteiger partial charge in [0, 0.05) is 17.8 Å². The number of amides is 1. The van der Waals surface area contributed by atoms with Crippen LogP contribution >= 0.6 is 0 Å². The quantitative estimate of drug-likeness (QED) is 0.786. The number of hydrogen-bond donors (Lipinski definition) is 2. The topological polar surface area (TPSA) is 89.3 Å². The van der Waals surface area contributed by atoms with Gasteiger partial charge in [-0.2, -0.15) is 0 Å². The maximum absolute atomic E-state index is 11.8. The SMILES string of the molecule is Cc1ccc(N)cc1NC(=O)CCS(=O)(=O)CC(C)C. The molecule has 6 heteroatoms. The normalized spacial score (nSPS) is 11.6. The first-order chi connectivity index (χ1) is 9.19. The van der Waals surface area contributed by atoms with Gasteiger partial charge in [-0.3, -0.25) is 4.79 Å². The lowest BCUT2D eigenvalue weighted by Crippen LogP contribution is -2.21. The number of carbonyl (C=O) groups is 1. The molecule has 0 atom stereocenters. The van der Waals surface area contributed by atoms with E-state index in [1.807, 2.05) is 20.8 Å². The fraction of sp³-hybridized carbons (Fsp3) is 0.500. The first kappa shape index (κ1) is 16.5. The van der Waals surface area contributed by atoms with Crippen molar-refractivity contribution in [2.45, 2.75) is 27.2 Å². The molecule has 0 saturated heterocycles. The smallest absolute Gasteiger partial charge is 0.225 e. The third kappa shape index (κ3) is 5.61. The summed E-state index contributed by atoms with van der Waals surface area (Å²) >= 11 is 0. The second-order valence-corrected chi connectivity index (χ2v) is 7.61. The summed E-state index contributed by atoms with van der Waals surface area (Å²) in [6, 6.07) is 5.22. The zero-order valence-electron chi connectivity index (χ0n) is 12.1. The number of hydrogen-bond acceptors (Lipinski definition) is 4. The number of nitrogen functional groups attached to an aromatic ring is 1. The average molecular weight is 298 g/mol. The zero-order chi connectivity index (χ0) is 15.3. The van der Waals surface area contributed by atoms with E-state index in [-0.39, 0.29) is 29.8 Å². The second-order valence-electron chi connectivity index (χ2n) is 5.38. The number of benzene rings is 1. The minimum atomic E-state index is -3.17. The van der Waals surface area contributed by atoms with Gasteiger partial charge in [-0.15, -0.1) is 0 Å². The van der Waals surface area contributed by atoms with E-state index in [9.17, 15) is 13.2 Å². The van der Waals surface area contributed by atoms with Gasteiger partial charge in [-0.1, -0.05) is 19.9 Å². The summed E-state index contributed by atoms with van der Waals surface area (Å²) in [6.07, 6.45) is -0.0384. The summed E-state index contributed by atoms with van der Waals surface area (Å²) < 4.78 is 23.4. The van der Waals surface area contributed by atoms with E-state index in [1.165, 1.54) is 0 Å². The average Bonchev–Trinajstić information content (AvgIpc) is 2.30. The third-order valence-corrected chi connectivity index (χ3v) is 4.76. The van der Waals surface area contributed by atoms with Crippen molar-refractivity contribution in [3.8, 4) is 0 Å². The summed E-state index contributed by atoms with van der Waals surface area (Å²) in [5.41, 5.74) is 7.72. The van der Waals surface area contributed by atoms with Crippen molar-refractivity contribution < 1.29 is 13.2 Å². The van der Waals surface area contributed by atoms with Crippen LogP contribution in [0.5, 0.6) is 0 Å². The van der Waals surface area contributed by atoms with Gasteiger partial charge < -0.3 is 11.1 Å². The zero-order valence-corrected chi connectivity index (χ0v) is 13.0. The molecule has 20 heavy (non-hydrogen) atoms. The molecule has 1 aromatic carbocycles. The highest BCUT2D eigenvalue weighted by atomic mass is 32.2. The summed E-state index contributed by atoms with van der Waals surface area (Å²) in [6.45, 7) is 5.53. The van der Waals surface area contributed by atoms with Crippen LogP contribution in [0.15, 0.2) is 18.2 Å². The molecule has 3 N–H and O–H groups in total. The Kier molecular flexibility index (Phi) is 5.56. The fourth-order valence-electron chi connectivity index (χ4n) is 1.83. The van der Waals surface area contributed by atoms with E-state index in [0.717, 1.165) is 5.56 Å². The largest absolute Gasteiger partial charge is 0.399 e. The van der Waals surface area contributed by atoms with Crippen molar-refractivity contribution in [2.75, 3.05) is 22.6 Å². The van der Waals surface area contributed by atoms with Gasteiger partial charge in [0.25, 0.3) is 0 Å². The number of sulfone groups is 1. The first-order valence-electron chi connectivity index (χ1n) is 6.56. The number of aryl methyl sites for hydroxylation is 1. The standard InChI is InChI=1S/C14H22N2O3S/c1-10(2)9-20(18,19)7-6-14(17)16-13-8-12(15)5-4-11(13)3/h4-5,8,10H,6-7,9,15H2,1-3H3,(H,16,17). The van der Waals surface area contributed by atoms with Gasteiger partial charge in [-0.05, 0) is 30.5 Å². The molecule has 112 valence electrons. The molecule has 0 aromatic heterocycles. The van der Waals surface area contributed by atoms with E-state index in [2.05, 4.69) is 5.32 Å². The van der Waals surface area contributed by atoms with Crippen LogP contribution in [0.25, 0.3) is 0 Å². The molecule has 1 amide bonds. The van der Waals surface area contributed by atoms with Crippen molar-refractivity contribution in [1.29, 1.82) is 0 Å². The second kappa shape index (κ2) is 6.74. The molecule has 0 spiro atoms. The summed E-state index contributed by atoms with van der Waals surface area (Å²) in [7, 11) is -3.17. The number of anilines is 2. The molecule has 1 rings (SSSR count). The molecule has 0 aliphatic heterocycles. The van der Waals surface area contributed by atoms with Crippen LogP contribution in [0.3, 0.4) is 0 Å². The van der Waals surface area contributed by atoms with Gasteiger partial charge >= 0.3 is 0 Å². The van der Waals surface area contributed by atoms with Crippen molar-refractivity contribution in [3.63, 3.8) is 0 Å². The van der Waals surface area contributed by atoms with E-state index in [1.54, 1.807) is 18.2 Å². The fourth-order valence-corrected chi connectivity index (χ4v) is 3.51. The van der Waals surface area contributed by atoms with Gasteiger partial charge in [0.15, 0.2) is 9.84 Å². The Labute approximate surface area is 120 Å². The third-order valence-electron chi connectivity index (χ3n) is 2.76. The van der Waals surface area contributed by atoms with Gasteiger partial charge in [0.05, 0.1) is 11.5 Å². The van der Waals surface area contributed by atoms with E-state index in [4.69, 9.17) is 5.73 Å². The minimum absolute atomic E-state index is 0.0384. The Morgan fingerprint density at radius 1 is 1.35 bits per heavy atom. The van der Waals surface area contributed by atoms with Crippen molar-refractivity contribution in [1.82, 2.24) is 0 Å². The highest BCUT2D eigenvalue weighted by Crippen LogP contribution is 2.18. The number of nitrogens with one attached hydrogen (secondary N) is 1. The lowest BCUT2D eigenvalue weighted by atomic mass is 10.2. The molecule has 1 aromatic rings. The predicted molar refractivity (Wildman–Crippen MR) is 82.3 cm³/mol. The van der Waals surface area contributed by atoms with E-state index >= 15 is 0 Å². The van der Waals surface area contributed by atoms with Crippen LogP contribution < -0.4 is 11.1 Å². The molecule has 0 radical (unpaired) electrons. The number of carbonyl (C=O) groups excluding carboxylic acids is 1. The van der Waals surface area contributed by atoms with Crippen molar-refractivity contribution >= 4 is 27.1 Å². The molecule has 0 bridgehead atoms. The lowest BCUT2D eigenvalue weighted by molar-refractivity contribution is -0.115. The molecule has 5 nitrogen and oxygen atoms in total. The van der Waals surface area contributed by atoms with Gasteiger partial charge in [-0.25, -0.2) is 8.42 Å². The Morgan fingerprint density at radius 3 is 2.60 bits per heavy atom. The van der Waals surface area contributed by atoms with Crippen LogP contribution in [0.1, 0.15) is 25.8 Å². The van der Waals surface area contributed by atoms with Crippen molar-refractivity contribution in [2.24, 2.45) is 5.92 Å². The summed E-state index contributed by atoms with van der Waals surface area (Å²) in [4.78, 5) is 11.8. The van der Waals surface area contributed by atoms with Crippen LogP contribution in [0.4, 0.5) is 11.4 Å². The summed E-state index contributed by atoms with van der Waals surface area (Å²) in [5, 5.41) is 2.69. The van der Waals surface area contributed by atoms with E-state index < -0.39 is 9.84 Å². The molecule has 0 heterocycles. The maximum Gasteiger partial charge on any atom is 0.225 e. The molecular formula is C14H22N2O3S. The lowest BCUT2D eigenvalue weighted by Gasteiger charge is -2.10. The maximum atomic E-state index is 11.8. The Bertz CT molecular complexity index is 580.